The summed E-state index contributed by atoms with van der Waals surface area (Å²) < 4.78 is 5.70. The Morgan fingerprint density at radius 3 is 2.77 bits per heavy atom. The Morgan fingerprint density at radius 2 is 1.91 bits per heavy atom. The summed E-state index contributed by atoms with van der Waals surface area (Å²) in [4.78, 5) is 6.90. The van der Waals surface area contributed by atoms with Gasteiger partial charge in [0.15, 0.2) is 5.58 Å². The predicted octanol–water partition coefficient (Wildman–Crippen LogP) is 3.77. The van der Waals surface area contributed by atoms with Crippen molar-refractivity contribution >= 4 is 22.8 Å². The minimum atomic E-state index is 0.621. The van der Waals surface area contributed by atoms with Crippen molar-refractivity contribution in [1.82, 2.24) is 4.98 Å². The maximum Gasteiger partial charge on any atom is 0.295 e. The number of fused-ring (bicyclic) bond motifs is 1. The third-order valence-electron chi connectivity index (χ3n) is 4.24. The van der Waals surface area contributed by atoms with Crippen molar-refractivity contribution in [3.8, 4) is 0 Å². The van der Waals surface area contributed by atoms with Crippen LogP contribution in [0.25, 0.3) is 11.1 Å². The Balaban J connectivity index is 1.36. The molecular weight excluding hydrogens is 274 g/mol. The molecule has 4 nitrogen and oxygen atoms in total. The number of aromatic nitrogens is 1. The van der Waals surface area contributed by atoms with Crippen LogP contribution in [-0.4, -0.2) is 24.6 Å². The Hall–Kier alpha value is -2.49. The zero-order valence-corrected chi connectivity index (χ0v) is 12.4. The van der Waals surface area contributed by atoms with E-state index in [0.717, 1.165) is 30.7 Å². The maximum absolute atomic E-state index is 5.70. The molecule has 0 spiro atoms. The van der Waals surface area contributed by atoms with Crippen molar-refractivity contribution in [3.63, 3.8) is 0 Å². The highest BCUT2D eigenvalue weighted by atomic mass is 16.4. The van der Waals surface area contributed by atoms with E-state index in [-0.39, 0.29) is 0 Å². The van der Waals surface area contributed by atoms with Gasteiger partial charge in [-0.1, -0.05) is 30.3 Å². The van der Waals surface area contributed by atoms with E-state index in [0.29, 0.717) is 11.9 Å². The number of rotatable bonds is 4. The van der Waals surface area contributed by atoms with Gasteiger partial charge in [0.05, 0.1) is 0 Å². The molecule has 1 N–H and O–H groups in total. The van der Waals surface area contributed by atoms with Gasteiger partial charge in [-0.3, -0.25) is 0 Å². The minimum absolute atomic E-state index is 0.621. The fourth-order valence-electron chi connectivity index (χ4n) is 3.05. The number of hydrogen-bond acceptors (Lipinski definition) is 4. The Labute approximate surface area is 129 Å². The van der Waals surface area contributed by atoms with Crippen molar-refractivity contribution in [2.24, 2.45) is 5.92 Å². The molecule has 0 unspecified atom stereocenters. The van der Waals surface area contributed by atoms with Crippen LogP contribution in [0.4, 0.5) is 11.7 Å². The van der Waals surface area contributed by atoms with Crippen LogP contribution in [0.3, 0.4) is 0 Å². The first-order valence-corrected chi connectivity index (χ1v) is 7.78. The fourth-order valence-corrected chi connectivity index (χ4v) is 3.05. The highest BCUT2D eigenvalue weighted by molar-refractivity contribution is 5.74. The number of anilines is 2. The van der Waals surface area contributed by atoms with Gasteiger partial charge in [0.1, 0.15) is 5.52 Å². The van der Waals surface area contributed by atoms with Crippen molar-refractivity contribution < 1.29 is 4.42 Å². The molecule has 1 saturated heterocycles. The van der Waals surface area contributed by atoms with Gasteiger partial charge in [-0.05, 0) is 36.6 Å². The van der Waals surface area contributed by atoms with Crippen LogP contribution < -0.4 is 10.2 Å². The summed E-state index contributed by atoms with van der Waals surface area (Å²) in [5.41, 5.74) is 3.05. The van der Waals surface area contributed by atoms with Gasteiger partial charge in [0.25, 0.3) is 6.01 Å². The molecule has 0 saturated carbocycles. The van der Waals surface area contributed by atoms with Gasteiger partial charge < -0.3 is 14.6 Å². The molecule has 4 rings (SSSR count). The number of nitrogens with one attached hydrogen (secondary N) is 1. The van der Waals surface area contributed by atoms with Gasteiger partial charge in [-0.2, -0.15) is 4.98 Å². The summed E-state index contributed by atoms with van der Waals surface area (Å²) in [6.07, 6.45) is 1.20. The van der Waals surface area contributed by atoms with Crippen LogP contribution in [-0.2, 0) is 0 Å². The van der Waals surface area contributed by atoms with Crippen molar-refractivity contribution in [2.75, 3.05) is 29.9 Å². The second-order valence-electron chi connectivity index (χ2n) is 5.80. The number of oxazole rings is 1. The first kappa shape index (κ1) is 13.2. The lowest BCUT2D eigenvalue weighted by Gasteiger charge is -2.18. The van der Waals surface area contributed by atoms with Gasteiger partial charge in [0.2, 0.25) is 0 Å². The van der Waals surface area contributed by atoms with Gasteiger partial charge in [-0.25, -0.2) is 0 Å². The first-order valence-electron chi connectivity index (χ1n) is 7.78. The Bertz CT molecular complexity index is 720. The normalized spacial score (nSPS) is 18.0. The van der Waals surface area contributed by atoms with Crippen molar-refractivity contribution in [2.45, 2.75) is 6.42 Å². The number of hydrogen-bond donors (Lipinski definition) is 1. The van der Waals surface area contributed by atoms with Crippen LogP contribution >= 0.6 is 0 Å². The van der Waals surface area contributed by atoms with Crippen LogP contribution in [0.1, 0.15) is 6.42 Å². The molecule has 2 aromatic carbocycles. The smallest absolute Gasteiger partial charge is 0.295 e. The SMILES string of the molecule is c1ccc(N2CC[C@H](CNc3nc4ccccc4o3)C2)cc1. The fraction of sp³-hybridized carbons (Fsp3) is 0.278. The molecule has 4 heteroatoms. The summed E-state index contributed by atoms with van der Waals surface area (Å²) in [6, 6.07) is 19.1. The van der Waals surface area contributed by atoms with Gasteiger partial charge >= 0.3 is 0 Å². The zero-order chi connectivity index (χ0) is 14.8. The van der Waals surface area contributed by atoms with E-state index in [4.69, 9.17) is 4.42 Å². The molecule has 1 fully saturated rings. The molecule has 0 amide bonds. The molecule has 1 aromatic heterocycles. The second kappa shape index (κ2) is 5.72. The summed E-state index contributed by atoms with van der Waals surface area (Å²) >= 11 is 0. The van der Waals surface area contributed by atoms with E-state index in [1.54, 1.807) is 0 Å². The Morgan fingerprint density at radius 1 is 1.09 bits per heavy atom. The highest BCUT2D eigenvalue weighted by Gasteiger charge is 2.22. The van der Waals surface area contributed by atoms with E-state index < -0.39 is 0 Å². The summed E-state index contributed by atoms with van der Waals surface area (Å²) in [5, 5.41) is 3.34. The molecular formula is C18H19N3O. The van der Waals surface area contributed by atoms with Crippen molar-refractivity contribution in [1.29, 1.82) is 0 Å². The molecule has 2 heterocycles. The monoisotopic (exact) mass is 293 g/mol. The average Bonchev–Trinajstić information content (AvgIpc) is 3.20. The van der Waals surface area contributed by atoms with Crippen LogP contribution in [0.5, 0.6) is 0 Å². The molecule has 22 heavy (non-hydrogen) atoms. The lowest BCUT2D eigenvalue weighted by atomic mass is 10.1. The standard InChI is InChI=1S/C18H19N3O/c1-2-6-15(7-3-1)21-11-10-14(13-21)12-19-18-20-16-8-4-5-9-17(16)22-18/h1-9,14H,10-13H2,(H,19,20)/t14-/m1/s1. The lowest BCUT2D eigenvalue weighted by Crippen LogP contribution is -2.22. The molecule has 1 atom stereocenters. The van der Waals surface area contributed by atoms with E-state index in [1.165, 1.54) is 12.1 Å². The number of benzene rings is 2. The van der Waals surface area contributed by atoms with Crippen LogP contribution in [0, 0.1) is 5.92 Å². The highest BCUT2D eigenvalue weighted by Crippen LogP contribution is 2.24. The molecule has 1 aliphatic heterocycles. The summed E-state index contributed by atoms with van der Waals surface area (Å²) in [7, 11) is 0. The third-order valence-corrected chi connectivity index (χ3v) is 4.24. The third kappa shape index (κ3) is 2.64. The number of nitrogens with zero attached hydrogens (tertiary/aromatic N) is 2. The molecule has 112 valence electrons. The molecule has 1 aliphatic rings. The average molecular weight is 293 g/mol. The molecule has 0 aliphatic carbocycles. The van der Waals surface area contributed by atoms with E-state index in [1.807, 2.05) is 24.3 Å². The van der Waals surface area contributed by atoms with Gasteiger partial charge in [-0.15, -0.1) is 0 Å². The maximum atomic E-state index is 5.70. The van der Waals surface area contributed by atoms with E-state index >= 15 is 0 Å². The van der Waals surface area contributed by atoms with Crippen LogP contribution in [0.2, 0.25) is 0 Å². The number of para-hydroxylation sites is 3. The topological polar surface area (TPSA) is 41.3 Å². The molecule has 0 bridgehead atoms. The van der Waals surface area contributed by atoms with Crippen LogP contribution in [0.15, 0.2) is 59.0 Å². The van der Waals surface area contributed by atoms with Crippen molar-refractivity contribution in [3.05, 3.63) is 54.6 Å². The minimum Gasteiger partial charge on any atom is -0.424 e. The first-order chi connectivity index (χ1) is 10.9. The predicted molar refractivity (Wildman–Crippen MR) is 89.3 cm³/mol. The van der Waals surface area contributed by atoms with E-state index in [9.17, 15) is 0 Å². The Kier molecular flexibility index (Phi) is 3.43. The quantitative estimate of drug-likeness (QED) is 0.795. The van der Waals surface area contributed by atoms with Gasteiger partial charge in [0, 0.05) is 25.3 Å². The van der Waals surface area contributed by atoms with E-state index in [2.05, 4.69) is 45.5 Å². The largest absolute Gasteiger partial charge is 0.424 e. The lowest BCUT2D eigenvalue weighted by molar-refractivity contribution is 0.577. The summed E-state index contributed by atoms with van der Waals surface area (Å²) in [5.74, 6) is 0.621. The second-order valence-corrected chi connectivity index (χ2v) is 5.80. The molecule has 3 aromatic rings. The molecule has 0 radical (unpaired) electrons. The zero-order valence-electron chi connectivity index (χ0n) is 12.4. The summed E-state index contributed by atoms with van der Waals surface area (Å²) in [6.45, 7) is 3.09.